The third-order valence-electron chi connectivity index (χ3n) is 5.29. The van der Waals surface area contributed by atoms with Crippen LogP contribution < -0.4 is 9.62 Å². The van der Waals surface area contributed by atoms with Crippen LogP contribution in [0.2, 0.25) is 15.1 Å². The summed E-state index contributed by atoms with van der Waals surface area (Å²) in [7, 11) is -3.91. The molecule has 7 nitrogen and oxygen atoms in total. The Morgan fingerprint density at radius 1 is 1.06 bits per heavy atom. The number of hydrogen-bond acceptors (Lipinski definition) is 4. The molecule has 0 aliphatic rings. The number of carbonyl (C=O) groups is 2. The summed E-state index contributed by atoms with van der Waals surface area (Å²) in [6.45, 7) is 4.87. The lowest BCUT2D eigenvalue weighted by atomic mass is 10.1. The van der Waals surface area contributed by atoms with Gasteiger partial charge in [-0.15, -0.1) is 0 Å². The minimum Gasteiger partial charge on any atom is -0.352 e. The van der Waals surface area contributed by atoms with Crippen LogP contribution in [0.4, 0.5) is 5.69 Å². The van der Waals surface area contributed by atoms with Crippen molar-refractivity contribution in [3.05, 3.63) is 63.1 Å². The molecule has 0 unspecified atom stereocenters. The Morgan fingerprint density at radius 2 is 1.71 bits per heavy atom. The Hall–Kier alpha value is -2.00. The number of benzene rings is 2. The molecule has 1 N–H and O–H groups in total. The van der Waals surface area contributed by atoms with E-state index in [1.807, 2.05) is 13.8 Å². The number of halogens is 3. The molecule has 0 aliphatic heterocycles. The van der Waals surface area contributed by atoms with Crippen LogP contribution >= 0.6 is 34.8 Å². The molecule has 2 atom stereocenters. The molecule has 34 heavy (non-hydrogen) atoms. The number of carbonyl (C=O) groups excluding carboxylic acids is 2. The van der Waals surface area contributed by atoms with Gasteiger partial charge < -0.3 is 10.2 Å². The second-order valence-corrected chi connectivity index (χ2v) is 11.1. The van der Waals surface area contributed by atoms with E-state index in [1.165, 1.54) is 23.1 Å². The van der Waals surface area contributed by atoms with Gasteiger partial charge in [-0.1, -0.05) is 59.9 Å². The molecule has 0 fully saturated rings. The highest BCUT2D eigenvalue weighted by Crippen LogP contribution is 2.33. The van der Waals surface area contributed by atoms with Crippen LogP contribution in [0.25, 0.3) is 0 Å². The van der Waals surface area contributed by atoms with Gasteiger partial charge >= 0.3 is 0 Å². The highest BCUT2D eigenvalue weighted by molar-refractivity contribution is 7.92. The number of sulfonamides is 1. The summed E-state index contributed by atoms with van der Waals surface area (Å²) in [4.78, 5) is 27.7. The third-order valence-corrected chi connectivity index (χ3v) is 7.46. The summed E-state index contributed by atoms with van der Waals surface area (Å²) in [5.74, 6) is -0.940. The molecule has 0 saturated heterocycles. The fraction of sp³-hybridized carbons (Fsp3) is 0.391. The van der Waals surface area contributed by atoms with Gasteiger partial charge in [0.15, 0.2) is 0 Å². The average molecular weight is 549 g/mol. The maximum Gasteiger partial charge on any atom is 0.244 e. The molecule has 0 bridgehead atoms. The summed E-state index contributed by atoms with van der Waals surface area (Å²) in [5, 5.41) is 3.50. The van der Waals surface area contributed by atoms with Crippen molar-refractivity contribution in [3.8, 4) is 0 Å². The predicted molar refractivity (Wildman–Crippen MR) is 138 cm³/mol. The van der Waals surface area contributed by atoms with E-state index in [-0.39, 0.29) is 34.2 Å². The Labute approximate surface area is 216 Å². The lowest BCUT2D eigenvalue weighted by molar-refractivity contribution is -0.139. The van der Waals surface area contributed by atoms with E-state index in [1.54, 1.807) is 31.2 Å². The zero-order valence-corrected chi connectivity index (χ0v) is 22.5. The standard InChI is InChI=1S/C23H28Cl3N3O4S/c1-5-15(2)27-23(31)16(3)28(13-17-8-6-9-18(24)12-17)21(30)14-29(34(4,32)33)20-11-7-10-19(25)22(20)26/h6-12,15-16H,5,13-14H2,1-4H3,(H,27,31)/t15-,16+/m0/s1. The number of rotatable bonds is 10. The van der Waals surface area contributed by atoms with Crippen LogP contribution in [-0.2, 0) is 26.2 Å². The topological polar surface area (TPSA) is 86.8 Å². The second-order valence-electron chi connectivity index (χ2n) is 7.99. The van der Waals surface area contributed by atoms with E-state index < -0.39 is 28.5 Å². The Bertz CT molecular complexity index is 1140. The predicted octanol–water partition coefficient (Wildman–Crippen LogP) is 4.74. The van der Waals surface area contributed by atoms with Gasteiger partial charge in [-0.3, -0.25) is 13.9 Å². The van der Waals surface area contributed by atoms with Crippen LogP contribution in [0.15, 0.2) is 42.5 Å². The minimum atomic E-state index is -3.91. The molecule has 2 aromatic rings. The first-order chi connectivity index (χ1) is 15.8. The van der Waals surface area contributed by atoms with Crippen LogP contribution in [0.5, 0.6) is 0 Å². The third kappa shape index (κ3) is 7.50. The SMILES string of the molecule is CC[C@H](C)NC(=O)[C@@H](C)N(Cc1cccc(Cl)c1)C(=O)CN(c1cccc(Cl)c1Cl)S(C)(=O)=O. The van der Waals surface area contributed by atoms with Gasteiger partial charge in [-0.2, -0.15) is 0 Å². The van der Waals surface area contributed by atoms with Crippen molar-refractivity contribution in [1.82, 2.24) is 10.2 Å². The van der Waals surface area contributed by atoms with Gasteiger partial charge in [0, 0.05) is 17.6 Å². The molecule has 0 radical (unpaired) electrons. The summed E-state index contributed by atoms with van der Waals surface area (Å²) >= 11 is 18.4. The number of nitrogens with zero attached hydrogens (tertiary/aromatic N) is 2. The molecular weight excluding hydrogens is 521 g/mol. The Balaban J connectivity index is 2.43. The number of amides is 2. The van der Waals surface area contributed by atoms with E-state index in [4.69, 9.17) is 34.8 Å². The number of anilines is 1. The van der Waals surface area contributed by atoms with Crippen molar-refractivity contribution in [2.75, 3.05) is 17.1 Å². The van der Waals surface area contributed by atoms with Gasteiger partial charge in [0.05, 0.1) is 22.0 Å². The molecule has 11 heteroatoms. The van der Waals surface area contributed by atoms with Gasteiger partial charge in [-0.05, 0) is 50.1 Å². The minimum absolute atomic E-state index is 0.00587. The molecule has 2 aromatic carbocycles. The normalized spacial score (nSPS) is 13.1. The van der Waals surface area contributed by atoms with Gasteiger partial charge in [-0.25, -0.2) is 8.42 Å². The second kappa shape index (κ2) is 12.1. The molecular formula is C23H28Cl3N3O4S. The Morgan fingerprint density at radius 3 is 2.29 bits per heavy atom. The van der Waals surface area contributed by atoms with Gasteiger partial charge in [0.25, 0.3) is 0 Å². The number of nitrogens with one attached hydrogen (secondary N) is 1. The zero-order valence-electron chi connectivity index (χ0n) is 19.4. The van der Waals surface area contributed by atoms with E-state index in [9.17, 15) is 18.0 Å². The Kier molecular flexibility index (Phi) is 10.1. The monoisotopic (exact) mass is 547 g/mol. The molecule has 2 rings (SSSR count). The van der Waals surface area contributed by atoms with Crippen LogP contribution in [0.3, 0.4) is 0 Å². The van der Waals surface area contributed by atoms with Crippen molar-refractivity contribution in [3.63, 3.8) is 0 Å². The molecule has 0 aliphatic carbocycles. The summed E-state index contributed by atoms with van der Waals surface area (Å²) in [6, 6.07) is 10.4. The van der Waals surface area contributed by atoms with E-state index in [2.05, 4.69) is 5.32 Å². The average Bonchev–Trinajstić information content (AvgIpc) is 2.76. The molecule has 0 heterocycles. The maximum atomic E-state index is 13.5. The lowest BCUT2D eigenvalue weighted by Crippen LogP contribution is -2.52. The summed E-state index contributed by atoms with van der Waals surface area (Å²) in [5.41, 5.74) is 0.764. The molecule has 0 spiro atoms. The smallest absolute Gasteiger partial charge is 0.244 e. The molecule has 0 aromatic heterocycles. The van der Waals surface area contributed by atoms with Crippen molar-refractivity contribution in [1.29, 1.82) is 0 Å². The zero-order chi connectivity index (χ0) is 25.6. The first-order valence-corrected chi connectivity index (χ1v) is 13.6. The van der Waals surface area contributed by atoms with E-state index in [0.717, 1.165) is 17.0 Å². The van der Waals surface area contributed by atoms with E-state index >= 15 is 0 Å². The largest absolute Gasteiger partial charge is 0.352 e. The fourth-order valence-electron chi connectivity index (χ4n) is 3.16. The van der Waals surface area contributed by atoms with Gasteiger partial charge in [0.1, 0.15) is 12.6 Å². The molecule has 186 valence electrons. The van der Waals surface area contributed by atoms with Crippen molar-refractivity contribution in [2.45, 2.75) is 45.8 Å². The fourth-order valence-corrected chi connectivity index (χ4v) is 4.67. The number of hydrogen-bond donors (Lipinski definition) is 1. The van der Waals surface area contributed by atoms with Crippen LogP contribution in [0.1, 0.15) is 32.8 Å². The van der Waals surface area contributed by atoms with Crippen molar-refractivity contribution >= 4 is 62.3 Å². The quantitative estimate of drug-likeness (QED) is 0.464. The van der Waals surface area contributed by atoms with Crippen LogP contribution in [0, 0.1) is 0 Å². The first kappa shape index (κ1) is 28.2. The first-order valence-electron chi connectivity index (χ1n) is 10.6. The molecule has 2 amide bonds. The van der Waals surface area contributed by atoms with Crippen LogP contribution in [-0.4, -0.2) is 50.0 Å². The lowest BCUT2D eigenvalue weighted by Gasteiger charge is -2.32. The highest BCUT2D eigenvalue weighted by atomic mass is 35.5. The van der Waals surface area contributed by atoms with Gasteiger partial charge in [0.2, 0.25) is 21.8 Å². The summed E-state index contributed by atoms with van der Waals surface area (Å²) < 4.78 is 26.1. The summed E-state index contributed by atoms with van der Waals surface area (Å²) in [6.07, 6.45) is 1.69. The maximum absolute atomic E-state index is 13.5. The highest BCUT2D eigenvalue weighted by Gasteiger charge is 2.31. The molecule has 0 saturated carbocycles. The van der Waals surface area contributed by atoms with Crippen molar-refractivity contribution < 1.29 is 18.0 Å². The van der Waals surface area contributed by atoms with Crippen molar-refractivity contribution in [2.24, 2.45) is 0 Å². The van der Waals surface area contributed by atoms with E-state index in [0.29, 0.717) is 10.6 Å².